The first kappa shape index (κ1) is 15.2. The topological polar surface area (TPSA) is 21.3 Å². The highest BCUT2D eigenvalue weighted by Crippen LogP contribution is 2.25. The summed E-state index contributed by atoms with van der Waals surface area (Å²) < 4.78 is 5.24. The van der Waals surface area contributed by atoms with Gasteiger partial charge >= 0.3 is 0 Å². The van der Waals surface area contributed by atoms with Gasteiger partial charge in [-0.25, -0.2) is 0 Å². The monoisotopic (exact) mass is 309 g/mol. The summed E-state index contributed by atoms with van der Waals surface area (Å²) in [5, 5.41) is 4.79. The molecule has 0 bridgehead atoms. The van der Waals surface area contributed by atoms with Crippen LogP contribution in [-0.2, 0) is 6.54 Å². The van der Waals surface area contributed by atoms with E-state index >= 15 is 0 Å². The molecule has 0 saturated carbocycles. The van der Waals surface area contributed by atoms with Crippen molar-refractivity contribution in [3.05, 3.63) is 63.6 Å². The van der Waals surface area contributed by atoms with Crippen molar-refractivity contribution >= 4 is 23.2 Å². The molecule has 1 unspecified atom stereocenters. The van der Waals surface area contributed by atoms with Crippen LogP contribution in [0.3, 0.4) is 0 Å². The Balaban J connectivity index is 2.06. The Bertz CT molecular complexity index is 566. The van der Waals surface area contributed by atoms with E-state index in [9.17, 15) is 0 Å². The average Bonchev–Trinajstić information content (AvgIpc) is 2.46. The Labute approximate surface area is 129 Å². The zero-order valence-electron chi connectivity index (χ0n) is 11.5. The molecule has 0 saturated heterocycles. The van der Waals surface area contributed by atoms with E-state index in [1.165, 1.54) is 0 Å². The molecule has 4 heteroatoms. The van der Waals surface area contributed by atoms with Gasteiger partial charge in [0.2, 0.25) is 0 Å². The zero-order valence-corrected chi connectivity index (χ0v) is 13.0. The summed E-state index contributed by atoms with van der Waals surface area (Å²) in [5.41, 5.74) is 2.08. The molecule has 1 N–H and O–H groups in total. The van der Waals surface area contributed by atoms with Crippen LogP contribution in [0.4, 0.5) is 0 Å². The molecule has 0 spiro atoms. The van der Waals surface area contributed by atoms with Crippen LogP contribution in [0, 0.1) is 0 Å². The van der Waals surface area contributed by atoms with Crippen LogP contribution in [0.5, 0.6) is 5.75 Å². The molecule has 2 nitrogen and oxygen atoms in total. The van der Waals surface area contributed by atoms with Gasteiger partial charge in [-0.3, -0.25) is 0 Å². The van der Waals surface area contributed by atoms with E-state index in [-0.39, 0.29) is 6.04 Å². The lowest BCUT2D eigenvalue weighted by molar-refractivity contribution is 0.413. The Kier molecular flexibility index (Phi) is 5.30. The fraction of sp³-hybridized carbons (Fsp3) is 0.250. The minimum Gasteiger partial charge on any atom is -0.497 e. The zero-order chi connectivity index (χ0) is 14.5. The van der Waals surface area contributed by atoms with Crippen LogP contribution in [0.25, 0.3) is 0 Å². The van der Waals surface area contributed by atoms with E-state index in [2.05, 4.69) is 18.3 Å². The lowest BCUT2D eigenvalue weighted by atomic mass is 10.1. The van der Waals surface area contributed by atoms with Crippen molar-refractivity contribution < 1.29 is 4.74 Å². The van der Waals surface area contributed by atoms with Crippen LogP contribution in [-0.4, -0.2) is 7.11 Å². The van der Waals surface area contributed by atoms with Crippen LogP contribution in [0.1, 0.15) is 24.1 Å². The molecule has 2 aromatic carbocycles. The lowest BCUT2D eigenvalue weighted by Gasteiger charge is -2.16. The molecule has 0 fully saturated rings. The third-order valence-corrected chi connectivity index (χ3v) is 3.95. The Morgan fingerprint density at radius 3 is 2.40 bits per heavy atom. The van der Waals surface area contributed by atoms with E-state index in [0.29, 0.717) is 16.6 Å². The highest BCUT2D eigenvalue weighted by atomic mass is 35.5. The van der Waals surface area contributed by atoms with Crippen molar-refractivity contribution in [2.75, 3.05) is 7.11 Å². The van der Waals surface area contributed by atoms with E-state index in [4.69, 9.17) is 27.9 Å². The fourth-order valence-corrected chi connectivity index (χ4v) is 2.52. The molecular weight excluding hydrogens is 293 g/mol. The molecular formula is C16H17Cl2NO. The second-order valence-electron chi connectivity index (χ2n) is 4.58. The lowest BCUT2D eigenvalue weighted by Crippen LogP contribution is -2.18. The van der Waals surface area contributed by atoms with Gasteiger partial charge < -0.3 is 10.1 Å². The summed E-state index contributed by atoms with van der Waals surface area (Å²) >= 11 is 12.3. The van der Waals surface area contributed by atoms with Gasteiger partial charge in [-0.2, -0.15) is 0 Å². The van der Waals surface area contributed by atoms with E-state index in [0.717, 1.165) is 16.9 Å². The molecule has 0 aliphatic carbocycles. The number of rotatable bonds is 5. The van der Waals surface area contributed by atoms with Gasteiger partial charge in [0.1, 0.15) is 5.75 Å². The standard InChI is InChI=1S/C16H17Cl2NO/c1-11(12-5-3-6-13(9-12)20-2)19-10-14-15(17)7-4-8-16(14)18/h3-9,11,19H,10H2,1-2H3. The number of hydrogen-bond donors (Lipinski definition) is 1. The number of ether oxygens (including phenoxy) is 1. The van der Waals surface area contributed by atoms with Gasteiger partial charge in [-0.15, -0.1) is 0 Å². The van der Waals surface area contributed by atoms with Gasteiger partial charge in [0.05, 0.1) is 7.11 Å². The summed E-state index contributed by atoms with van der Waals surface area (Å²) in [7, 11) is 1.67. The Hall–Kier alpha value is -1.22. The van der Waals surface area contributed by atoms with Gasteiger partial charge in [0.25, 0.3) is 0 Å². The highest BCUT2D eigenvalue weighted by molar-refractivity contribution is 6.35. The minimum absolute atomic E-state index is 0.178. The Morgan fingerprint density at radius 2 is 1.75 bits per heavy atom. The Morgan fingerprint density at radius 1 is 1.10 bits per heavy atom. The summed E-state index contributed by atoms with van der Waals surface area (Å²) in [6.07, 6.45) is 0. The predicted octanol–water partition coefficient (Wildman–Crippen LogP) is 4.85. The van der Waals surface area contributed by atoms with Gasteiger partial charge in [0, 0.05) is 28.2 Å². The van der Waals surface area contributed by atoms with Crippen LogP contribution >= 0.6 is 23.2 Å². The largest absolute Gasteiger partial charge is 0.497 e. The van der Waals surface area contributed by atoms with Crippen molar-refractivity contribution in [3.8, 4) is 5.75 Å². The molecule has 0 heterocycles. The maximum Gasteiger partial charge on any atom is 0.119 e. The van der Waals surface area contributed by atoms with Crippen molar-refractivity contribution in [1.82, 2.24) is 5.32 Å². The molecule has 0 radical (unpaired) electrons. The summed E-state index contributed by atoms with van der Waals surface area (Å²) in [6.45, 7) is 2.72. The number of nitrogens with one attached hydrogen (secondary N) is 1. The second kappa shape index (κ2) is 6.98. The number of methoxy groups -OCH3 is 1. The maximum atomic E-state index is 6.16. The number of halogens is 2. The summed E-state index contributed by atoms with van der Waals surface area (Å²) in [4.78, 5) is 0. The van der Waals surface area contributed by atoms with Gasteiger partial charge in [0.15, 0.2) is 0 Å². The van der Waals surface area contributed by atoms with Crippen molar-refractivity contribution in [1.29, 1.82) is 0 Å². The van der Waals surface area contributed by atoms with Crippen molar-refractivity contribution in [2.24, 2.45) is 0 Å². The SMILES string of the molecule is COc1cccc(C(C)NCc2c(Cl)cccc2Cl)c1. The minimum atomic E-state index is 0.178. The first-order valence-electron chi connectivity index (χ1n) is 6.42. The molecule has 2 aromatic rings. The van der Waals surface area contributed by atoms with E-state index < -0.39 is 0 Å². The quantitative estimate of drug-likeness (QED) is 0.852. The fourth-order valence-electron chi connectivity index (χ4n) is 1.99. The van der Waals surface area contributed by atoms with Gasteiger partial charge in [-0.05, 0) is 36.8 Å². The molecule has 106 valence electrons. The highest BCUT2D eigenvalue weighted by Gasteiger charge is 2.09. The molecule has 0 aliphatic rings. The third-order valence-electron chi connectivity index (χ3n) is 3.24. The number of hydrogen-bond acceptors (Lipinski definition) is 2. The number of benzene rings is 2. The van der Waals surface area contributed by atoms with Crippen LogP contribution < -0.4 is 10.1 Å². The molecule has 0 amide bonds. The predicted molar refractivity (Wildman–Crippen MR) is 84.7 cm³/mol. The second-order valence-corrected chi connectivity index (χ2v) is 5.39. The maximum absolute atomic E-state index is 6.16. The van der Waals surface area contributed by atoms with Crippen LogP contribution in [0.2, 0.25) is 10.0 Å². The first-order chi connectivity index (χ1) is 9.61. The smallest absolute Gasteiger partial charge is 0.119 e. The average molecular weight is 310 g/mol. The van der Waals surface area contributed by atoms with E-state index in [1.54, 1.807) is 7.11 Å². The molecule has 0 aliphatic heterocycles. The van der Waals surface area contributed by atoms with Crippen molar-refractivity contribution in [3.63, 3.8) is 0 Å². The third kappa shape index (κ3) is 3.66. The first-order valence-corrected chi connectivity index (χ1v) is 7.17. The van der Waals surface area contributed by atoms with Crippen molar-refractivity contribution in [2.45, 2.75) is 19.5 Å². The molecule has 1 atom stereocenters. The molecule has 0 aromatic heterocycles. The summed E-state index contributed by atoms with van der Waals surface area (Å²) in [6, 6.07) is 13.7. The molecule has 2 rings (SSSR count). The van der Waals surface area contributed by atoms with Gasteiger partial charge in [-0.1, -0.05) is 41.4 Å². The normalized spacial score (nSPS) is 12.2. The van der Waals surface area contributed by atoms with E-state index in [1.807, 2.05) is 36.4 Å². The summed E-state index contributed by atoms with van der Waals surface area (Å²) in [5.74, 6) is 0.854. The molecule has 20 heavy (non-hydrogen) atoms. The van der Waals surface area contributed by atoms with Crippen LogP contribution in [0.15, 0.2) is 42.5 Å².